The number of anilines is 1. The number of carbonyl (C=O) groups is 2. The molecule has 6 heteroatoms. The van der Waals surface area contributed by atoms with Crippen molar-refractivity contribution in [1.82, 2.24) is 4.90 Å². The molecule has 1 aliphatic carbocycles. The normalized spacial score (nSPS) is 21.7. The zero-order valence-corrected chi connectivity index (χ0v) is 15.8. The van der Waals surface area contributed by atoms with Gasteiger partial charge in [0.2, 0.25) is 5.91 Å². The number of primary amides is 1. The van der Waals surface area contributed by atoms with Gasteiger partial charge in [0.05, 0.1) is 5.92 Å². The standard InChI is InChI=1S/C22H25N3O3/c23-22(27)28-20-18-9-5-4-6-16(18)10-11-19(20)21(26)25-14-12-24(13-15-25)17-7-2-1-3-8-17/h1-9,19-20H,10-15H2,(H2,23,27). The van der Waals surface area contributed by atoms with E-state index in [9.17, 15) is 9.59 Å². The highest BCUT2D eigenvalue weighted by Gasteiger charge is 2.39. The number of piperazine rings is 1. The molecule has 2 amide bonds. The zero-order valence-electron chi connectivity index (χ0n) is 15.8. The molecule has 1 aliphatic heterocycles. The van der Waals surface area contributed by atoms with E-state index >= 15 is 0 Å². The van der Waals surface area contributed by atoms with Crippen LogP contribution in [0.3, 0.4) is 0 Å². The molecule has 0 saturated carbocycles. The lowest BCUT2D eigenvalue weighted by Crippen LogP contribution is -2.51. The van der Waals surface area contributed by atoms with E-state index in [2.05, 4.69) is 17.0 Å². The molecule has 2 aliphatic rings. The molecule has 4 rings (SSSR count). The largest absolute Gasteiger partial charge is 0.441 e. The Bertz CT molecular complexity index is 847. The monoisotopic (exact) mass is 379 g/mol. The van der Waals surface area contributed by atoms with E-state index in [1.807, 2.05) is 47.4 Å². The Morgan fingerprint density at radius 2 is 1.61 bits per heavy atom. The second kappa shape index (κ2) is 7.92. The van der Waals surface area contributed by atoms with Crippen molar-refractivity contribution in [3.8, 4) is 0 Å². The van der Waals surface area contributed by atoms with Crippen LogP contribution in [-0.2, 0) is 16.0 Å². The molecule has 1 heterocycles. The van der Waals surface area contributed by atoms with Gasteiger partial charge in [-0.2, -0.15) is 0 Å². The third-order valence-corrected chi connectivity index (χ3v) is 5.72. The lowest BCUT2D eigenvalue weighted by atomic mass is 9.80. The molecule has 0 bridgehead atoms. The van der Waals surface area contributed by atoms with Crippen LogP contribution in [0.15, 0.2) is 54.6 Å². The highest BCUT2D eigenvalue weighted by atomic mass is 16.6. The first kappa shape index (κ1) is 18.3. The molecule has 2 N–H and O–H groups in total. The number of nitrogens with two attached hydrogens (primary N) is 1. The number of nitrogens with zero attached hydrogens (tertiary/aromatic N) is 2. The van der Waals surface area contributed by atoms with Crippen molar-refractivity contribution in [2.45, 2.75) is 18.9 Å². The third kappa shape index (κ3) is 3.67. The number of para-hydroxylation sites is 1. The minimum atomic E-state index is -0.839. The maximum absolute atomic E-state index is 13.3. The van der Waals surface area contributed by atoms with E-state index in [4.69, 9.17) is 10.5 Å². The third-order valence-electron chi connectivity index (χ3n) is 5.72. The summed E-state index contributed by atoms with van der Waals surface area (Å²) in [6.07, 6.45) is 0.0116. The molecule has 2 aromatic carbocycles. The number of hydrogen-bond donors (Lipinski definition) is 1. The summed E-state index contributed by atoms with van der Waals surface area (Å²) < 4.78 is 5.41. The van der Waals surface area contributed by atoms with Crippen LogP contribution in [0.4, 0.5) is 10.5 Å². The van der Waals surface area contributed by atoms with E-state index in [0.717, 1.165) is 30.6 Å². The van der Waals surface area contributed by atoms with Gasteiger partial charge in [0, 0.05) is 31.9 Å². The summed E-state index contributed by atoms with van der Waals surface area (Å²) >= 11 is 0. The van der Waals surface area contributed by atoms with E-state index in [0.29, 0.717) is 19.5 Å². The molecular weight excluding hydrogens is 354 g/mol. The van der Waals surface area contributed by atoms with Crippen molar-refractivity contribution < 1.29 is 14.3 Å². The quantitative estimate of drug-likeness (QED) is 0.890. The summed E-state index contributed by atoms with van der Waals surface area (Å²) in [6, 6.07) is 18.0. The first-order valence-corrected chi connectivity index (χ1v) is 9.76. The van der Waals surface area contributed by atoms with Gasteiger partial charge in [-0.1, -0.05) is 42.5 Å². The smallest absolute Gasteiger partial charge is 0.405 e. The van der Waals surface area contributed by atoms with Gasteiger partial charge in [0.25, 0.3) is 0 Å². The number of ether oxygens (including phenoxy) is 1. The molecule has 6 nitrogen and oxygen atoms in total. The highest BCUT2D eigenvalue weighted by molar-refractivity contribution is 5.81. The SMILES string of the molecule is NC(=O)OC1c2ccccc2CCC1C(=O)N1CCN(c2ccccc2)CC1. The van der Waals surface area contributed by atoms with Crippen molar-refractivity contribution >= 4 is 17.7 Å². The fourth-order valence-corrected chi connectivity index (χ4v) is 4.30. The summed E-state index contributed by atoms with van der Waals surface area (Å²) in [6.45, 7) is 2.91. The molecule has 0 radical (unpaired) electrons. The molecule has 28 heavy (non-hydrogen) atoms. The summed E-state index contributed by atoms with van der Waals surface area (Å²) in [7, 11) is 0. The van der Waals surface area contributed by atoms with Gasteiger partial charge in [-0.25, -0.2) is 4.79 Å². The van der Waals surface area contributed by atoms with Crippen molar-refractivity contribution in [3.63, 3.8) is 0 Å². The maximum Gasteiger partial charge on any atom is 0.405 e. The molecule has 2 aromatic rings. The van der Waals surface area contributed by atoms with Gasteiger partial charge in [0.15, 0.2) is 0 Å². The average Bonchev–Trinajstić information content (AvgIpc) is 2.74. The number of aryl methyl sites for hydroxylation is 1. The Hall–Kier alpha value is -3.02. The van der Waals surface area contributed by atoms with Crippen molar-refractivity contribution in [2.75, 3.05) is 31.1 Å². The van der Waals surface area contributed by atoms with Crippen molar-refractivity contribution in [2.24, 2.45) is 11.7 Å². The van der Waals surface area contributed by atoms with Crippen LogP contribution < -0.4 is 10.6 Å². The predicted octanol–water partition coefficient (Wildman–Crippen LogP) is 2.73. The number of benzene rings is 2. The topological polar surface area (TPSA) is 75.9 Å². The summed E-state index contributed by atoms with van der Waals surface area (Å²) in [5, 5.41) is 0. The van der Waals surface area contributed by atoms with E-state index < -0.39 is 12.2 Å². The van der Waals surface area contributed by atoms with Gasteiger partial charge in [-0.05, 0) is 36.1 Å². The zero-order chi connectivity index (χ0) is 19.5. The van der Waals surface area contributed by atoms with Gasteiger partial charge >= 0.3 is 6.09 Å². The Morgan fingerprint density at radius 3 is 2.32 bits per heavy atom. The predicted molar refractivity (Wildman–Crippen MR) is 107 cm³/mol. The first-order valence-electron chi connectivity index (χ1n) is 9.76. The molecule has 2 unspecified atom stereocenters. The van der Waals surface area contributed by atoms with Crippen LogP contribution in [0.25, 0.3) is 0 Å². The minimum Gasteiger partial charge on any atom is -0.441 e. The summed E-state index contributed by atoms with van der Waals surface area (Å²) in [5.74, 6) is -0.334. The average molecular weight is 379 g/mol. The number of rotatable bonds is 3. The highest BCUT2D eigenvalue weighted by Crippen LogP contribution is 2.38. The summed E-state index contributed by atoms with van der Waals surface area (Å²) in [5.41, 5.74) is 8.50. The maximum atomic E-state index is 13.3. The fourth-order valence-electron chi connectivity index (χ4n) is 4.30. The first-order chi connectivity index (χ1) is 13.6. The number of fused-ring (bicyclic) bond motifs is 1. The molecule has 2 atom stereocenters. The van der Waals surface area contributed by atoms with E-state index in [1.165, 1.54) is 5.69 Å². The molecule has 0 aromatic heterocycles. The summed E-state index contributed by atoms with van der Waals surface area (Å²) in [4.78, 5) is 29.0. The van der Waals surface area contributed by atoms with Crippen LogP contribution in [0, 0.1) is 5.92 Å². The fraction of sp³-hybridized carbons (Fsp3) is 0.364. The van der Waals surface area contributed by atoms with E-state index in [-0.39, 0.29) is 11.8 Å². The van der Waals surface area contributed by atoms with Gasteiger partial charge < -0.3 is 20.3 Å². The molecule has 146 valence electrons. The second-order valence-electron chi connectivity index (χ2n) is 7.35. The van der Waals surface area contributed by atoms with Crippen LogP contribution in [-0.4, -0.2) is 43.1 Å². The van der Waals surface area contributed by atoms with E-state index in [1.54, 1.807) is 0 Å². The Morgan fingerprint density at radius 1 is 0.929 bits per heavy atom. The van der Waals surface area contributed by atoms with Crippen molar-refractivity contribution in [3.05, 3.63) is 65.7 Å². The van der Waals surface area contributed by atoms with Crippen molar-refractivity contribution in [1.29, 1.82) is 0 Å². The molecule has 1 saturated heterocycles. The van der Waals surface area contributed by atoms with Crippen LogP contribution in [0.1, 0.15) is 23.7 Å². The van der Waals surface area contributed by atoms with Crippen LogP contribution in [0.2, 0.25) is 0 Å². The number of hydrogen-bond acceptors (Lipinski definition) is 4. The number of carbonyl (C=O) groups excluding carboxylic acids is 2. The Labute approximate surface area is 164 Å². The minimum absolute atomic E-state index is 0.0495. The lowest BCUT2D eigenvalue weighted by molar-refractivity contribution is -0.140. The lowest BCUT2D eigenvalue weighted by Gasteiger charge is -2.40. The van der Waals surface area contributed by atoms with Crippen LogP contribution in [0.5, 0.6) is 0 Å². The van der Waals surface area contributed by atoms with Gasteiger partial charge in [-0.3, -0.25) is 4.79 Å². The molecule has 1 fully saturated rings. The molecule has 0 spiro atoms. The van der Waals surface area contributed by atoms with Crippen LogP contribution >= 0.6 is 0 Å². The van der Waals surface area contributed by atoms with Gasteiger partial charge in [0.1, 0.15) is 6.10 Å². The number of amides is 2. The Kier molecular flexibility index (Phi) is 5.19. The second-order valence-corrected chi connectivity index (χ2v) is 7.35. The molecular formula is C22H25N3O3. The van der Waals surface area contributed by atoms with Gasteiger partial charge in [-0.15, -0.1) is 0 Å². The Balaban J connectivity index is 1.47.